The van der Waals surface area contributed by atoms with Gasteiger partial charge in [-0.3, -0.25) is 14.5 Å². The number of hydrogen-bond acceptors (Lipinski definition) is 5. The second-order valence-electron chi connectivity index (χ2n) is 6.17. The minimum atomic E-state index is -3.74. The number of carbonyl (C=O) groups excluding carboxylic acids is 1. The van der Waals surface area contributed by atoms with Crippen molar-refractivity contribution in [3.05, 3.63) is 42.0 Å². The molecule has 0 fully saturated rings. The van der Waals surface area contributed by atoms with Gasteiger partial charge >= 0.3 is 0 Å². The van der Waals surface area contributed by atoms with Crippen LogP contribution in [0.1, 0.15) is 30.1 Å². The summed E-state index contributed by atoms with van der Waals surface area (Å²) in [5.74, 6) is -0.336. The number of hydrogen-bond donors (Lipinski definition) is 1. The Balaban J connectivity index is 1.67. The number of aryl methyl sites for hydroxylation is 2. The van der Waals surface area contributed by atoms with Crippen LogP contribution in [0.4, 0.5) is 0 Å². The van der Waals surface area contributed by atoms with Gasteiger partial charge in [-0.1, -0.05) is 0 Å². The molecule has 2 aromatic heterocycles. The molecular formula is C16H21N5O3S. The number of aromatic nitrogens is 3. The molecule has 0 saturated heterocycles. The summed E-state index contributed by atoms with van der Waals surface area (Å²) in [5.41, 5.74) is 2.01. The molecule has 8 nitrogen and oxygen atoms in total. The van der Waals surface area contributed by atoms with E-state index in [2.05, 4.69) is 15.4 Å². The molecule has 1 aliphatic rings. The molecule has 2 heterocycles. The van der Waals surface area contributed by atoms with E-state index in [1.165, 1.54) is 25.5 Å². The molecule has 25 heavy (non-hydrogen) atoms. The lowest BCUT2D eigenvalue weighted by molar-refractivity contribution is -0.122. The van der Waals surface area contributed by atoms with Gasteiger partial charge in [0.25, 0.3) is 0 Å². The smallest absolute Gasteiger partial charge is 0.244 e. The monoisotopic (exact) mass is 363 g/mol. The molecule has 134 valence electrons. The van der Waals surface area contributed by atoms with E-state index in [9.17, 15) is 13.2 Å². The Bertz CT molecular complexity index is 863. The molecule has 0 bridgehead atoms. The predicted octanol–water partition coefficient (Wildman–Crippen LogP) is 0.629. The van der Waals surface area contributed by atoms with Gasteiger partial charge in [0, 0.05) is 38.2 Å². The van der Waals surface area contributed by atoms with Crippen LogP contribution in [0.3, 0.4) is 0 Å². The Morgan fingerprint density at radius 2 is 2.28 bits per heavy atom. The maximum atomic E-state index is 12.5. The van der Waals surface area contributed by atoms with Gasteiger partial charge in [-0.05, 0) is 31.4 Å². The fourth-order valence-corrected chi connectivity index (χ4v) is 4.12. The van der Waals surface area contributed by atoms with E-state index in [0.29, 0.717) is 0 Å². The van der Waals surface area contributed by atoms with Crippen LogP contribution in [-0.2, 0) is 28.3 Å². The Morgan fingerprint density at radius 1 is 1.48 bits per heavy atom. The molecule has 0 spiro atoms. The quantitative estimate of drug-likeness (QED) is 0.840. The summed E-state index contributed by atoms with van der Waals surface area (Å²) in [6.07, 6.45) is 7.35. The SMILES string of the molecule is CN(CC(=O)NC1CCCc2nn(C)cc21)S(=O)(=O)c1cccnc1. The lowest BCUT2D eigenvalue weighted by Crippen LogP contribution is -2.40. The highest BCUT2D eigenvalue weighted by atomic mass is 32.2. The highest BCUT2D eigenvalue weighted by molar-refractivity contribution is 7.89. The lowest BCUT2D eigenvalue weighted by Gasteiger charge is -2.24. The molecule has 2 aromatic rings. The van der Waals surface area contributed by atoms with Crippen LogP contribution in [0, 0.1) is 0 Å². The first-order valence-electron chi connectivity index (χ1n) is 8.06. The van der Waals surface area contributed by atoms with E-state index in [-0.39, 0.29) is 23.4 Å². The lowest BCUT2D eigenvalue weighted by atomic mass is 9.93. The van der Waals surface area contributed by atoms with Gasteiger partial charge in [-0.15, -0.1) is 0 Å². The molecule has 0 aromatic carbocycles. The molecular weight excluding hydrogens is 342 g/mol. The zero-order valence-electron chi connectivity index (χ0n) is 14.2. The minimum Gasteiger partial charge on any atom is -0.348 e. The minimum absolute atomic E-state index is 0.0671. The maximum absolute atomic E-state index is 12.5. The van der Waals surface area contributed by atoms with Crippen LogP contribution in [-0.4, -0.2) is 47.0 Å². The summed E-state index contributed by atoms with van der Waals surface area (Å²) in [6, 6.07) is 2.88. The molecule has 1 atom stereocenters. The van der Waals surface area contributed by atoms with Gasteiger partial charge in [0.2, 0.25) is 15.9 Å². The molecule has 9 heteroatoms. The summed E-state index contributed by atoms with van der Waals surface area (Å²) < 4.78 is 27.7. The van der Waals surface area contributed by atoms with Crippen molar-refractivity contribution in [3.63, 3.8) is 0 Å². The molecule has 0 radical (unpaired) electrons. The summed E-state index contributed by atoms with van der Waals surface area (Å²) in [7, 11) is -0.498. The fourth-order valence-electron chi connectivity index (χ4n) is 3.02. The predicted molar refractivity (Wildman–Crippen MR) is 91.1 cm³/mol. The van der Waals surface area contributed by atoms with Gasteiger partial charge in [0.05, 0.1) is 18.3 Å². The van der Waals surface area contributed by atoms with E-state index >= 15 is 0 Å². The molecule has 1 unspecified atom stereocenters. The number of pyridine rings is 1. The van der Waals surface area contributed by atoms with Crippen LogP contribution in [0.25, 0.3) is 0 Å². The van der Waals surface area contributed by atoms with Crippen molar-refractivity contribution in [2.45, 2.75) is 30.2 Å². The first-order valence-corrected chi connectivity index (χ1v) is 9.50. The summed E-state index contributed by atoms with van der Waals surface area (Å²) in [5, 5.41) is 7.33. The fraction of sp³-hybridized carbons (Fsp3) is 0.438. The largest absolute Gasteiger partial charge is 0.348 e. The van der Waals surface area contributed by atoms with Crippen molar-refractivity contribution in [1.29, 1.82) is 0 Å². The normalized spacial score (nSPS) is 17.3. The average Bonchev–Trinajstić information content (AvgIpc) is 2.97. The molecule has 0 saturated carbocycles. The van der Waals surface area contributed by atoms with E-state index in [0.717, 1.165) is 34.8 Å². The van der Waals surface area contributed by atoms with Crippen LogP contribution in [0.15, 0.2) is 35.6 Å². The van der Waals surface area contributed by atoms with Gasteiger partial charge in [0.1, 0.15) is 4.90 Å². The summed E-state index contributed by atoms with van der Waals surface area (Å²) >= 11 is 0. The number of amides is 1. The third kappa shape index (κ3) is 3.72. The third-order valence-corrected chi connectivity index (χ3v) is 6.05. The van der Waals surface area contributed by atoms with Crippen molar-refractivity contribution in [1.82, 2.24) is 24.4 Å². The van der Waals surface area contributed by atoms with Crippen molar-refractivity contribution < 1.29 is 13.2 Å². The van der Waals surface area contributed by atoms with Crippen LogP contribution >= 0.6 is 0 Å². The van der Waals surface area contributed by atoms with Crippen molar-refractivity contribution in [2.75, 3.05) is 13.6 Å². The van der Waals surface area contributed by atoms with Crippen LogP contribution in [0.5, 0.6) is 0 Å². The topological polar surface area (TPSA) is 97.2 Å². The molecule has 3 rings (SSSR count). The summed E-state index contributed by atoms with van der Waals surface area (Å²) in [6.45, 7) is -0.247. The standard InChI is InChI=1S/C16H21N5O3S/c1-20-10-13-14(6-3-7-15(13)19-20)18-16(22)11-21(2)25(23,24)12-5-4-8-17-9-12/h4-5,8-10,14H,3,6-7,11H2,1-2H3,(H,18,22). The number of carbonyl (C=O) groups is 1. The van der Waals surface area contributed by atoms with Crippen molar-refractivity contribution >= 4 is 15.9 Å². The molecule has 1 aliphatic carbocycles. The zero-order valence-corrected chi connectivity index (χ0v) is 15.0. The van der Waals surface area contributed by atoms with E-state index in [1.807, 2.05) is 13.2 Å². The number of nitrogens with one attached hydrogen (secondary N) is 1. The molecule has 1 amide bonds. The van der Waals surface area contributed by atoms with Gasteiger partial charge in [0.15, 0.2) is 0 Å². The number of sulfonamides is 1. The van der Waals surface area contributed by atoms with Gasteiger partial charge in [-0.2, -0.15) is 9.40 Å². The third-order valence-electron chi connectivity index (χ3n) is 4.26. The Labute approximate surface area is 146 Å². The van der Waals surface area contributed by atoms with Crippen LogP contribution in [0.2, 0.25) is 0 Å². The first-order chi connectivity index (χ1) is 11.9. The van der Waals surface area contributed by atoms with E-state index in [1.54, 1.807) is 10.7 Å². The maximum Gasteiger partial charge on any atom is 0.244 e. The highest BCUT2D eigenvalue weighted by Crippen LogP contribution is 2.28. The number of fused-ring (bicyclic) bond motifs is 1. The van der Waals surface area contributed by atoms with Gasteiger partial charge in [-0.25, -0.2) is 8.42 Å². The first kappa shape index (κ1) is 17.6. The van der Waals surface area contributed by atoms with Crippen molar-refractivity contribution in [2.24, 2.45) is 7.05 Å². The Kier molecular flexibility index (Phi) is 4.87. The summed E-state index contributed by atoms with van der Waals surface area (Å²) in [4.78, 5) is 16.2. The number of nitrogens with zero attached hydrogens (tertiary/aromatic N) is 4. The molecule has 1 N–H and O–H groups in total. The second-order valence-corrected chi connectivity index (χ2v) is 8.21. The Morgan fingerprint density at radius 3 is 3.00 bits per heavy atom. The molecule has 0 aliphatic heterocycles. The van der Waals surface area contributed by atoms with E-state index in [4.69, 9.17) is 0 Å². The average molecular weight is 363 g/mol. The van der Waals surface area contributed by atoms with Gasteiger partial charge < -0.3 is 5.32 Å². The second kappa shape index (κ2) is 6.93. The van der Waals surface area contributed by atoms with Crippen molar-refractivity contribution in [3.8, 4) is 0 Å². The highest BCUT2D eigenvalue weighted by Gasteiger charge is 2.27. The van der Waals surface area contributed by atoms with E-state index < -0.39 is 10.0 Å². The number of rotatable bonds is 5. The van der Waals surface area contributed by atoms with Crippen LogP contribution < -0.4 is 5.32 Å². The number of likely N-dealkylation sites (N-methyl/N-ethyl adjacent to an activating group) is 1. The Hall–Kier alpha value is -2.26. The zero-order chi connectivity index (χ0) is 18.0.